The molecule has 0 bridgehead atoms. The Morgan fingerprint density at radius 3 is 2.34 bits per heavy atom. The number of phenols is 1. The minimum atomic E-state index is -0.379. The van der Waals surface area contributed by atoms with E-state index in [9.17, 15) is 9.50 Å². The van der Waals surface area contributed by atoms with Crippen molar-refractivity contribution in [1.29, 1.82) is 0 Å². The highest BCUT2D eigenvalue weighted by molar-refractivity contribution is 5.32. The molecule has 1 aliphatic carbocycles. The summed E-state index contributed by atoms with van der Waals surface area (Å²) in [6.07, 6.45) is 9.47. The predicted octanol–water partition coefficient (Wildman–Crippen LogP) is 6.50. The molecule has 0 heterocycles. The van der Waals surface area contributed by atoms with Crippen molar-refractivity contribution < 1.29 is 9.50 Å². The zero-order chi connectivity index (χ0) is 20.6. The third-order valence-corrected chi connectivity index (χ3v) is 6.08. The van der Waals surface area contributed by atoms with Gasteiger partial charge in [0, 0.05) is 18.7 Å². The number of halogens is 1. The largest absolute Gasteiger partial charge is 0.508 e. The highest BCUT2D eigenvalue weighted by atomic mass is 19.1. The number of phenolic OH excluding ortho intramolecular Hbond substituents is 1. The molecule has 2 aromatic carbocycles. The lowest BCUT2D eigenvalue weighted by molar-refractivity contribution is 0.146. The van der Waals surface area contributed by atoms with Crippen LogP contribution in [0.5, 0.6) is 5.75 Å². The molecular weight excluding hydrogens is 361 g/mol. The van der Waals surface area contributed by atoms with Crippen LogP contribution < -0.4 is 0 Å². The number of benzene rings is 2. The molecule has 1 saturated carbocycles. The summed E-state index contributed by atoms with van der Waals surface area (Å²) in [6.45, 7) is 6.52. The van der Waals surface area contributed by atoms with E-state index < -0.39 is 0 Å². The molecular formula is C26H36FNO. The number of hydrogen-bond acceptors (Lipinski definition) is 2. The lowest BCUT2D eigenvalue weighted by atomic mass is 9.93. The molecule has 0 unspecified atom stereocenters. The Labute approximate surface area is 175 Å². The van der Waals surface area contributed by atoms with Gasteiger partial charge in [-0.1, -0.05) is 63.4 Å². The SMILES string of the molecule is CC(C)Cc1ccc(CN(CCCc2ccc(F)cc2O)C2CCCCC2)cc1. The highest BCUT2D eigenvalue weighted by Crippen LogP contribution is 2.26. The molecule has 1 N–H and O–H groups in total. The van der Waals surface area contributed by atoms with Crippen LogP contribution in [0.1, 0.15) is 69.1 Å². The topological polar surface area (TPSA) is 23.5 Å². The van der Waals surface area contributed by atoms with Crippen molar-refractivity contribution in [3.8, 4) is 5.75 Å². The third kappa shape index (κ3) is 6.85. The Morgan fingerprint density at radius 1 is 1.00 bits per heavy atom. The molecule has 0 aromatic heterocycles. The van der Waals surface area contributed by atoms with E-state index in [1.165, 1.54) is 55.4 Å². The molecule has 3 rings (SSSR count). The van der Waals surface area contributed by atoms with Gasteiger partial charge in [0.1, 0.15) is 11.6 Å². The van der Waals surface area contributed by atoms with Crippen molar-refractivity contribution in [3.63, 3.8) is 0 Å². The number of aromatic hydroxyl groups is 1. The van der Waals surface area contributed by atoms with Crippen LogP contribution in [0.15, 0.2) is 42.5 Å². The molecule has 1 aliphatic rings. The Bertz CT molecular complexity index is 750. The van der Waals surface area contributed by atoms with Crippen LogP contribution in [0.2, 0.25) is 0 Å². The van der Waals surface area contributed by atoms with Gasteiger partial charge in [-0.05, 0) is 67.3 Å². The number of aryl methyl sites for hydroxylation is 1. The first-order valence-electron chi connectivity index (χ1n) is 11.3. The Balaban J connectivity index is 1.61. The second-order valence-electron chi connectivity index (χ2n) is 9.05. The van der Waals surface area contributed by atoms with Crippen molar-refractivity contribution >= 4 is 0 Å². The van der Waals surface area contributed by atoms with E-state index in [1.807, 2.05) is 0 Å². The standard InChI is InChI=1S/C26H36FNO/c1-20(2)17-21-10-12-22(13-11-21)19-28(25-8-4-3-5-9-25)16-6-7-23-14-15-24(27)18-26(23)29/h10-15,18,20,25,29H,3-9,16-17,19H2,1-2H3. The summed E-state index contributed by atoms with van der Waals surface area (Å²) in [5.41, 5.74) is 3.64. The second-order valence-corrected chi connectivity index (χ2v) is 9.05. The Kier molecular flexibility index (Phi) is 8.11. The van der Waals surface area contributed by atoms with Crippen molar-refractivity contribution in [2.75, 3.05) is 6.54 Å². The van der Waals surface area contributed by atoms with Gasteiger partial charge < -0.3 is 5.11 Å². The average molecular weight is 398 g/mol. The van der Waals surface area contributed by atoms with Crippen molar-refractivity contribution in [3.05, 3.63) is 65.0 Å². The molecule has 2 aromatic rings. The van der Waals surface area contributed by atoms with Crippen LogP contribution in [0, 0.1) is 11.7 Å². The first-order valence-corrected chi connectivity index (χ1v) is 11.3. The maximum Gasteiger partial charge on any atom is 0.126 e. The summed E-state index contributed by atoms with van der Waals surface area (Å²) in [7, 11) is 0. The molecule has 0 spiro atoms. The molecule has 0 radical (unpaired) electrons. The van der Waals surface area contributed by atoms with E-state index in [-0.39, 0.29) is 11.6 Å². The molecule has 1 fully saturated rings. The van der Waals surface area contributed by atoms with Gasteiger partial charge in [0.15, 0.2) is 0 Å². The lowest BCUT2D eigenvalue weighted by Gasteiger charge is -2.34. The third-order valence-electron chi connectivity index (χ3n) is 6.08. The fraction of sp³-hybridized carbons (Fsp3) is 0.538. The normalized spacial score (nSPS) is 15.3. The molecule has 0 saturated heterocycles. The van der Waals surface area contributed by atoms with Gasteiger partial charge in [-0.2, -0.15) is 0 Å². The molecule has 0 amide bonds. The maximum atomic E-state index is 13.2. The summed E-state index contributed by atoms with van der Waals surface area (Å²) < 4.78 is 13.2. The van der Waals surface area contributed by atoms with Crippen LogP contribution in [-0.4, -0.2) is 22.6 Å². The predicted molar refractivity (Wildman–Crippen MR) is 119 cm³/mol. The van der Waals surface area contributed by atoms with Gasteiger partial charge >= 0.3 is 0 Å². The van der Waals surface area contributed by atoms with Crippen LogP contribution in [0.3, 0.4) is 0 Å². The molecule has 0 atom stereocenters. The van der Waals surface area contributed by atoms with Gasteiger partial charge in [0.05, 0.1) is 0 Å². The fourth-order valence-electron chi connectivity index (χ4n) is 4.54. The van der Waals surface area contributed by atoms with Crippen molar-refractivity contribution in [2.45, 2.75) is 77.8 Å². The van der Waals surface area contributed by atoms with E-state index in [0.29, 0.717) is 12.0 Å². The van der Waals surface area contributed by atoms with Gasteiger partial charge in [-0.3, -0.25) is 4.90 Å². The lowest BCUT2D eigenvalue weighted by Crippen LogP contribution is -2.37. The average Bonchev–Trinajstić information content (AvgIpc) is 2.70. The quantitative estimate of drug-likeness (QED) is 0.522. The van der Waals surface area contributed by atoms with Crippen LogP contribution >= 0.6 is 0 Å². The Morgan fingerprint density at radius 2 is 1.69 bits per heavy atom. The van der Waals surface area contributed by atoms with E-state index >= 15 is 0 Å². The summed E-state index contributed by atoms with van der Waals surface area (Å²) in [6, 6.07) is 14.2. The van der Waals surface area contributed by atoms with E-state index in [1.54, 1.807) is 6.07 Å². The van der Waals surface area contributed by atoms with Gasteiger partial charge in [0.25, 0.3) is 0 Å². The summed E-state index contributed by atoms with van der Waals surface area (Å²) in [4.78, 5) is 2.64. The van der Waals surface area contributed by atoms with Gasteiger partial charge in [-0.15, -0.1) is 0 Å². The minimum Gasteiger partial charge on any atom is -0.508 e. The van der Waals surface area contributed by atoms with Crippen LogP contribution in [0.4, 0.5) is 4.39 Å². The summed E-state index contributed by atoms with van der Waals surface area (Å²) >= 11 is 0. The number of hydrogen-bond donors (Lipinski definition) is 1. The summed E-state index contributed by atoms with van der Waals surface area (Å²) in [5.74, 6) is 0.383. The molecule has 2 nitrogen and oxygen atoms in total. The zero-order valence-corrected chi connectivity index (χ0v) is 18.0. The number of rotatable bonds is 9. The number of nitrogens with zero attached hydrogens (tertiary/aromatic N) is 1. The Hall–Kier alpha value is -1.87. The monoisotopic (exact) mass is 397 g/mol. The highest BCUT2D eigenvalue weighted by Gasteiger charge is 2.21. The van der Waals surface area contributed by atoms with Gasteiger partial charge in [-0.25, -0.2) is 4.39 Å². The molecule has 158 valence electrons. The van der Waals surface area contributed by atoms with Crippen molar-refractivity contribution in [2.24, 2.45) is 5.92 Å². The van der Waals surface area contributed by atoms with E-state index in [2.05, 4.69) is 43.0 Å². The van der Waals surface area contributed by atoms with E-state index in [0.717, 1.165) is 37.9 Å². The first-order chi connectivity index (χ1) is 14.0. The van der Waals surface area contributed by atoms with E-state index in [4.69, 9.17) is 0 Å². The van der Waals surface area contributed by atoms with Gasteiger partial charge in [0.2, 0.25) is 0 Å². The zero-order valence-electron chi connectivity index (χ0n) is 18.0. The first kappa shape index (κ1) is 21.8. The fourth-order valence-corrected chi connectivity index (χ4v) is 4.54. The minimum absolute atomic E-state index is 0.0787. The molecule has 29 heavy (non-hydrogen) atoms. The maximum absolute atomic E-state index is 13.2. The van der Waals surface area contributed by atoms with Crippen LogP contribution in [0.25, 0.3) is 0 Å². The molecule has 0 aliphatic heterocycles. The van der Waals surface area contributed by atoms with Crippen molar-refractivity contribution in [1.82, 2.24) is 4.90 Å². The second kappa shape index (κ2) is 10.8. The summed E-state index contributed by atoms with van der Waals surface area (Å²) in [5, 5.41) is 9.98. The molecule has 3 heteroatoms. The van der Waals surface area contributed by atoms with Crippen LogP contribution in [-0.2, 0) is 19.4 Å². The smallest absolute Gasteiger partial charge is 0.126 e.